The van der Waals surface area contributed by atoms with Crippen molar-refractivity contribution >= 4 is 0 Å². The van der Waals surface area contributed by atoms with Crippen LogP contribution in [-0.2, 0) is 5.41 Å². The molecule has 1 aliphatic rings. The van der Waals surface area contributed by atoms with E-state index in [0.717, 1.165) is 5.92 Å². The molecule has 16 heavy (non-hydrogen) atoms. The summed E-state index contributed by atoms with van der Waals surface area (Å²) < 4.78 is 5.19. The van der Waals surface area contributed by atoms with Crippen LogP contribution < -0.4 is 0 Å². The number of hydrogen-bond acceptors (Lipinski definition) is 1. The first-order valence-corrected chi connectivity index (χ1v) is 6.44. The Morgan fingerprint density at radius 3 is 2.38 bits per heavy atom. The zero-order valence-electron chi connectivity index (χ0n) is 11.0. The van der Waals surface area contributed by atoms with Crippen molar-refractivity contribution in [3.8, 4) is 0 Å². The lowest BCUT2D eigenvalue weighted by atomic mass is 9.74. The van der Waals surface area contributed by atoms with Crippen molar-refractivity contribution in [2.45, 2.75) is 58.8 Å². The van der Waals surface area contributed by atoms with E-state index >= 15 is 0 Å². The molecule has 0 aliphatic heterocycles. The Balaban J connectivity index is 1.94. The standard InChI is InChI=1S/C15H24O/c1-14(2,12-5-6-12)8-9-15(3,4)13-7-10-16-11-13/h7,10-12H,5-6,8-9H2,1-4H3. The number of furan rings is 1. The molecule has 0 atom stereocenters. The van der Waals surface area contributed by atoms with Crippen LogP contribution in [0, 0.1) is 11.3 Å². The molecule has 0 amide bonds. The molecule has 1 nitrogen and oxygen atoms in total. The first-order valence-electron chi connectivity index (χ1n) is 6.44. The van der Waals surface area contributed by atoms with E-state index in [-0.39, 0.29) is 5.41 Å². The second-order valence-corrected chi connectivity index (χ2v) is 6.66. The van der Waals surface area contributed by atoms with Crippen LogP contribution in [0.15, 0.2) is 23.0 Å². The molecule has 0 unspecified atom stereocenters. The minimum Gasteiger partial charge on any atom is -0.472 e. The van der Waals surface area contributed by atoms with Gasteiger partial charge >= 0.3 is 0 Å². The van der Waals surface area contributed by atoms with Crippen molar-refractivity contribution in [1.82, 2.24) is 0 Å². The molecule has 0 N–H and O–H groups in total. The van der Waals surface area contributed by atoms with Gasteiger partial charge in [0.15, 0.2) is 0 Å². The molecule has 1 saturated carbocycles. The molecular weight excluding hydrogens is 196 g/mol. The molecule has 1 aromatic rings. The van der Waals surface area contributed by atoms with Gasteiger partial charge in [-0.2, -0.15) is 0 Å². The van der Waals surface area contributed by atoms with Crippen LogP contribution >= 0.6 is 0 Å². The van der Waals surface area contributed by atoms with Gasteiger partial charge in [-0.05, 0) is 54.1 Å². The van der Waals surface area contributed by atoms with Gasteiger partial charge in [0.2, 0.25) is 0 Å². The van der Waals surface area contributed by atoms with Crippen molar-refractivity contribution in [2.24, 2.45) is 11.3 Å². The molecule has 0 aromatic carbocycles. The third-order valence-corrected chi connectivity index (χ3v) is 4.38. The van der Waals surface area contributed by atoms with E-state index in [9.17, 15) is 0 Å². The van der Waals surface area contributed by atoms with Gasteiger partial charge in [-0.1, -0.05) is 27.7 Å². The average molecular weight is 220 g/mol. The molecule has 1 fully saturated rings. The molecular formula is C15H24O. The van der Waals surface area contributed by atoms with E-state index in [2.05, 4.69) is 33.8 Å². The molecule has 0 spiro atoms. The fraction of sp³-hybridized carbons (Fsp3) is 0.733. The van der Waals surface area contributed by atoms with Gasteiger partial charge in [0, 0.05) is 0 Å². The summed E-state index contributed by atoms with van der Waals surface area (Å²) >= 11 is 0. The Kier molecular flexibility index (Phi) is 2.90. The van der Waals surface area contributed by atoms with Crippen molar-refractivity contribution in [3.63, 3.8) is 0 Å². The van der Waals surface area contributed by atoms with Crippen molar-refractivity contribution in [1.29, 1.82) is 0 Å². The van der Waals surface area contributed by atoms with Crippen LogP contribution in [0.5, 0.6) is 0 Å². The Morgan fingerprint density at radius 1 is 1.19 bits per heavy atom. The van der Waals surface area contributed by atoms with Gasteiger partial charge in [-0.15, -0.1) is 0 Å². The summed E-state index contributed by atoms with van der Waals surface area (Å²) in [6.45, 7) is 9.49. The van der Waals surface area contributed by atoms with Gasteiger partial charge in [0.25, 0.3) is 0 Å². The zero-order valence-corrected chi connectivity index (χ0v) is 11.0. The summed E-state index contributed by atoms with van der Waals surface area (Å²) in [5.41, 5.74) is 2.11. The van der Waals surface area contributed by atoms with Crippen LogP contribution in [0.4, 0.5) is 0 Å². The van der Waals surface area contributed by atoms with Gasteiger partial charge in [0.1, 0.15) is 0 Å². The molecule has 1 heterocycles. The third kappa shape index (κ3) is 2.50. The minimum atomic E-state index is 0.249. The third-order valence-electron chi connectivity index (χ3n) is 4.38. The van der Waals surface area contributed by atoms with Crippen LogP contribution in [0.1, 0.15) is 58.9 Å². The van der Waals surface area contributed by atoms with E-state index in [4.69, 9.17) is 4.42 Å². The lowest BCUT2D eigenvalue weighted by molar-refractivity contribution is 0.248. The molecule has 1 aromatic heterocycles. The molecule has 0 radical (unpaired) electrons. The molecule has 2 rings (SSSR count). The monoisotopic (exact) mass is 220 g/mol. The summed E-state index contributed by atoms with van der Waals surface area (Å²) in [4.78, 5) is 0. The number of hydrogen-bond donors (Lipinski definition) is 0. The minimum absolute atomic E-state index is 0.249. The molecule has 1 aliphatic carbocycles. The molecule has 0 bridgehead atoms. The Bertz CT molecular complexity index is 328. The summed E-state index contributed by atoms with van der Waals surface area (Å²) in [7, 11) is 0. The van der Waals surface area contributed by atoms with Crippen LogP contribution in [0.25, 0.3) is 0 Å². The van der Waals surface area contributed by atoms with Crippen LogP contribution in [0.3, 0.4) is 0 Å². The van der Waals surface area contributed by atoms with Crippen LogP contribution in [-0.4, -0.2) is 0 Å². The summed E-state index contributed by atoms with van der Waals surface area (Å²) in [6, 6.07) is 2.10. The second-order valence-electron chi connectivity index (χ2n) is 6.66. The zero-order chi connectivity index (χ0) is 11.8. The number of rotatable bonds is 5. The van der Waals surface area contributed by atoms with Crippen molar-refractivity contribution in [3.05, 3.63) is 24.2 Å². The van der Waals surface area contributed by atoms with Gasteiger partial charge in [-0.3, -0.25) is 0 Å². The largest absolute Gasteiger partial charge is 0.472 e. The highest BCUT2D eigenvalue weighted by Crippen LogP contribution is 2.49. The predicted octanol–water partition coefficient (Wildman–Crippen LogP) is 4.77. The van der Waals surface area contributed by atoms with E-state index in [1.54, 1.807) is 6.26 Å². The maximum absolute atomic E-state index is 5.19. The highest BCUT2D eigenvalue weighted by Gasteiger charge is 2.38. The average Bonchev–Trinajstić information content (AvgIpc) is 2.92. The Hall–Kier alpha value is -0.720. The fourth-order valence-corrected chi connectivity index (χ4v) is 2.50. The Labute approximate surface area is 99.2 Å². The quantitative estimate of drug-likeness (QED) is 0.696. The fourth-order valence-electron chi connectivity index (χ4n) is 2.50. The van der Waals surface area contributed by atoms with E-state index in [0.29, 0.717) is 5.41 Å². The summed E-state index contributed by atoms with van der Waals surface area (Å²) in [5.74, 6) is 0.979. The topological polar surface area (TPSA) is 13.1 Å². The Morgan fingerprint density at radius 2 is 1.88 bits per heavy atom. The predicted molar refractivity (Wildman–Crippen MR) is 67.5 cm³/mol. The maximum atomic E-state index is 5.19. The summed E-state index contributed by atoms with van der Waals surface area (Å²) in [6.07, 6.45) is 9.12. The highest BCUT2D eigenvalue weighted by atomic mass is 16.3. The van der Waals surface area contributed by atoms with E-state index in [1.165, 1.54) is 31.2 Å². The van der Waals surface area contributed by atoms with Gasteiger partial charge in [-0.25, -0.2) is 0 Å². The van der Waals surface area contributed by atoms with E-state index in [1.807, 2.05) is 6.26 Å². The van der Waals surface area contributed by atoms with Gasteiger partial charge in [0.05, 0.1) is 12.5 Å². The van der Waals surface area contributed by atoms with Crippen molar-refractivity contribution in [2.75, 3.05) is 0 Å². The van der Waals surface area contributed by atoms with Crippen molar-refractivity contribution < 1.29 is 4.42 Å². The highest BCUT2D eigenvalue weighted by molar-refractivity contribution is 5.17. The van der Waals surface area contributed by atoms with E-state index < -0.39 is 0 Å². The molecule has 90 valence electrons. The molecule has 0 saturated heterocycles. The first kappa shape index (κ1) is 11.8. The SMILES string of the molecule is CC(C)(CCC(C)(C)C1CC1)c1ccoc1. The lowest BCUT2D eigenvalue weighted by Crippen LogP contribution is -2.22. The second kappa shape index (κ2) is 3.94. The normalized spacial score (nSPS) is 17.8. The summed E-state index contributed by atoms with van der Waals surface area (Å²) in [5, 5.41) is 0. The first-order chi connectivity index (χ1) is 7.42. The van der Waals surface area contributed by atoms with Crippen LogP contribution in [0.2, 0.25) is 0 Å². The maximum Gasteiger partial charge on any atom is 0.0939 e. The van der Waals surface area contributed by atoms with Gasteiger partial charge < -0.3 is 4.42 Å². The lowest BCUT2D eigenvalue weighted by Gasteiger charge is -2.30. The molecule has 1 heteroatoms. The smallest absolute Gasteiger partial charge is 0.0939 e.